The van der Waals surface area contributed by atoms with Crippen LogP contribution < -0.4 is 0 Å². The molecule has 1 fully saturated rings. The smallest absolute Gasteiger partial charge is 0.153 e. The molecule has 0 heterocycles. The van der Waals surface area contributed by atoms with Crippen molar-refractivity contribution >= 4 is 17.4 Å². The zero-order chi connectivity index (χ0) is 9.30. The molecule has 0 aromatic rings. The van der Waals surface area contributed by atoms with Crippen molar-refractivity contribution in [2.24, 2.45) is 5.92 Å². The normalized spacial score (nSPS) is 36.6. The molecule has 0 aliphatic heterocycles. The molecule has 1 aliphatic carbocycles. The Balaban J connectivity index is 2.66. The van der Waals surface area contributed by atoms with Gasteiger partial charge in [0.15, 0.2) is 5.78 Å². The van der Waals surface area contributed by atoms with E-state index in [2.05, 4.69) is 6.58 Å². The zero-order valence-corrected chi connectivity index (χ0v) is 7.84. The van der Waals surface area contributed by atoms with E-state index in [0.29, 0.717) is 12.8 Å². The van der Waals surface area contributed by atoms with E-state index < -0.39 is 11.5 Å². The Labute approximate surface area is 77.2 Å². The summed E-state index contributed by atoms with van der Waals surface area (Å²) in [6.45, 7) is 5.64. The third-order valence-corrected chi connectivity index (χ3v) is 2.85. The number of carbonyl (C=O) groups is 1. The van der Waals surface area contributed by atoms with Gasteiger partial charge in [0.1, 0.15) is 5.38 Å². The number of rotatable bonds is 1. The molecule has 0 unspecified atom stereocenters. The highest BCUT2D eigenvalue weighted by Gasteiger charge is 2.34. The van der Waals surface area contributed by atoms with Gasteiger partial charge in [-0.3, -0.25) is 4.79 Å². The maximum absolute atomic E-state index is 11.2. The van der Waals surface area contributed by atoms with Gasteiger partial charge in [0.2, 0.25) is 0 Å². The van der Waals surface area contributed by atoms with Crippen LogP contribution in [0.2, 0.25) is 0 Å². The van der Waals surface area contributed by atoms with Crippen LogP contribution in [0.3, 0.4) is 0 Å². The molecule has 0 spiro atoms. The van der Waals surface area contributed by atoms with Gasteiger partial charge in [0, 0.05) is 6.42 Å². The fourth-order valence-corrected chi connectivity index (χ4v) is 1.63. The van der Waals surface area contributed by atoms with Gasteiger partial charge in [-0.1, -0.05) is 12.2 Å². The molecule has 0 aromatic heterocycles. The highest BCUT2D eigenvalue weighted by molar-refractivity contribution is 6.31. The number of carbonyl (C=O) groups excluding carboxylic acids is 1. The maximum Gasteiger partial charge on any atom is 0.153 e. The lowest BCUT2D eigenvalue weighted by Crippen LogP contribution is -2.37. The van der Waals surface area contributed by atoms with Crippen molar-refractivity contribution in [3.63, 3.8) is 0 Å². The zero-order valence-electron chi connectivity index (χ0n) is 7.09. The summed E-state index contributed by atoms with van der Waals surface area (Å²) in [5.41, 5.74) is 0.950. The molecule has 68 valence electrons. The fourth-order valence-electron chi connectivity index (χ4n) is 1.44. The SMILES string of the molecule is C=C(C)[C@H]1CC(=O)[C@@H](Cl)[C@H](O)C1. The van der Waals surface area contributed by atoms with Crippen LogP contribution in [-0.4, -0.2) is 22.4 Å². The van der Waals surface area contributed by atoms with Gasteiger partial charge < -0.3 is 5.11 Å². The van der Waals surface area contributed by atoms with Gasteiger partial charge in [0.05, 0.1) is 6.10 Å². The number of halogens is 1. The molecule has 3 heteroatoms. The second-order valence-corrected chi connectivity index (χ2v) is 3.89. The van der Waals surface area contributed by atoms with E-state index in [4.69, 9.17) is 11.6 Å². The minimum Gasteiger partial charge on any atom is -0.391 e. The minimum absolute atomic E-state index is 0.0663. The predicted molar refractivity (Wildman–Crippen MR) is 48.2 cm³/mol. The van der Waals surface area contributed by atoms with E-state index >= 15 is 0 Å². The monoisotopic (exact) mass is 188 g/mol. The first kappa shape index (κ1) is 9.75. The van der Waals surface area contributed by atoms with Gasteiger partial charge in [0.25, 0.3) is 0 Å². The Hall–Kier alpha value is -0.340. The number of hydrogen-bond acceptors (Lipinski definition) is 2. The first-order valence-electron chi connectivity index (χ1n) is 4.02. The molecule has 3 atom stereocenters. The van der Waals surface area contributed by atoms with Crippen molar-refractivity contribution in [3.05, 3.63) is 12.2 Å². The Morgan fingerprint density at radius 3 is 2.75 bits per heavy atom. The van der Waals surface area contributed by atoms with Gasteiger partial charge >= 0.3 is 0 Å². The van der Waals surface area contributed by atoms with Crippen LogP contribution in [0.4, 0.5) is 0 Å². The van der Waals surface area contributed by atoms with Crippen LogP contribution in [0.15, 0.2) is 12.2 Å². The Morgan fingerprint density at radius 2 is 2.33 bits per heavy atom. The predicted octanol–water partition coefficient (Wildman–Crippen LogP) is 1.51. The summed E-state index contributed by atoms with van der Waals surface area (Å²) >= 11 is 5.66. The van der Waals surface area contributed by atoms with Crippen molar-refractivity contribution in [1.29, 1.82) is 0 Å². The molecule has 1 aliphatic rings. The first-order chi connectivity index (χ1) is 5.52. The second kappa shape index (κ2) is 3.58. The lowest BCUT2D eigenvalue weighted by molar-refractivity contribution is -0.123. The second-order valence-electron chi connectivity index (χ2n) is 3.42. The van der Waals surface area contributed by atoms with Crippen molar-refractivity contribution in [2.75, 3.05) is 0 Å². The molecule has 0 radical (unpaired) electrons. The van der Waals surface area contributed by atoms with E-state index in [0.717, 1.165) is 5.57 Å². The van der Waals surface area contributed by atoms with Gasteiger partial charge in [-0.2, -0.15) is 0 Å². The van der Waals surface area contributed by atoms with E-state index in [1.165, 1.54) is 0 Å². The largest absolute Gasteiger partial charge is 0.391 e. The quantitative estimate of drug-likeness (QED) is 0.500. The molecular weight excluding hydrogens is 176 g/mol. The standard InChI is InChI=1S/C9H13ClO2/c1-5(2)6-3-7(11)9(10)8(12)4-6/h6-7,9,11H,1,3-4H2,2H3/t6-,7-,9+/m1/s1. The van der Waals surface area contributed by atoms with E-state index in [1.807, 2.05) is 6.92 Å². The molecule has 0 saturated heterocycles. The summed E-state index contributed by atoms with van der Waals surface area (Å²) < 4.78 is 0. The van der Waals surface area contributed by atoms with Crippen LogP contribution >= 0.6 is 11.6 Å². The van der Waals surface area contributed by atoms with E-state index in [-0.39, 0.29) is 11.7 Å². The van der Waals surface area contributed by atoms with Crippen molar-refractivity contribution < 1.29 is 9.90 Å². The summed E-state index contributed by atoms with van der Waals surface area (Å²) in [5, 5.41) is 8.67. The average Bonchev–Trinajstić information content (AvgIpc) is 1.99. The first-order valence-corrected chi connectivity index (χ1v) is 4.46. The lowest BCUT2D eigenvalue weighted by atomic mass is 9.82. The molecule has 0 bridgehead atoms. The highest BCUT2D eigenvalue weighted by atomic mass is 35.5. The molecule has 0 aromatic carbocycles. The van der Waals surface area contributed by atoms with Crippen LogP contribution in [-0.2, 0) is 4.79 Å². The van der Waals surface area contributed by atoms with Crippen LogP contribution in [0.1, 0.15) is 19.8 Å². The number of alkyl halides is 1. The molecule has 12 heavy (non-hydrogen) atoms. The fraction of sp³-hybridized carbons (Fsp3) is 0.667. The third-order valence-electron chi connectivity index (χ3n) is 2.32. The molecular formula is C9H13ClO2. The summed E-state index contributed by atoms with van der Waals surface area (Å²) in [6.07, 6.45) is 0.296. The van der Waals surface area contributed by atoms with Crippen molar-refractivity contribution in [1.82, 2.24) is 0 Å². The minimum atomic E-state index is -0.708. The third kappa shape index (κ3) is 1.87. The lowest BCUT2D eigenvalue weighted by Gasteiger charge is -2.28. The Morgan fingerprint density at radius 1 is 1.75 bits per heavy atom. The molecule has 1 rings (SSSR count). The van der Waals surface area contributed by atoms with Crippen LogP contribution in [0.5, 0.6) is 0 Å². The number of ketones is 1. The van der Waals surface area contributed by atoms with Crippen LogP contribution in [0.25, 0.3) is 0 Å². The molecule has 2 nitrogen and oxygen atoms in total. The Kier molecular flexibility index (Phi) is 2.91. The van der Waals surface area contributed by atoms with Crippen molar-refractivity contribution in [3.8, 4) is 0 Å². The number of hydrogen-bond donors (Lipinski definition) is 1. The summed E-state index contributed by atoms with van der Waals surface area (Å²) in [4.78, 5) is 11.2. The number of allylic oxidation sites excluding steroid dienone is 1. The van der Waals surface area contributed by atoms with E-state index in [1.54, 1.807) is 0 Å². The highest BCUT2D eigenvalue weighted by Crippen LogP contribution is 2.29. The maximum atomic E-state index is 11.2. The number of Topliss-reactive ketones (excluding diaryl/α,β-unsaturated/α-hetero) is 1. The van der Waals surface area contributed by atoms with Crippen molar-refractivity contribution in [2.45, 2.75) is 31.2 Å². The van der Waals surface area contributed by atoms with Gasteiger partial charge in [-0.05, 0) is 19.3 Å². The molecule has 1 saturated carbocycles. The number of aliphatic hydroxyl groups excluding tert-OH is 1. The topological polar surface area (TPSA) is 37.3 Å². The number of aliphatic hydroxyl groups is 1. The Bertz CT molecular complexity index is 213. The summed E-state index contributed by atoms with van der Waals surface area (Å²) in [6, 6.07) is 0. The van der Waals surface area contributed by atoms with Crippen LogP contribution in [0, 0.1) is 5.92 Å². The van der Waals surface area contributed by atoms with E-state index in [9.17, 15) is 9.90 Å². The summed E-state index contributed by atoms with van der Waals surface area (Å²) in [7, 11) is 0. The average molecular weight is 189 g/mol. The van der Waals surface area contributed by atoms with Gasteiger partial charge in [-0.15, -0.1) is 11.6 Å². The molecule has 0 amide bonds. The van der Waals surface area contributed by atoms with Gasteiger partial charge in [-0.25, -0.2) is 0 Å². The molecule has 1 N–H and O–H groups in total. The summed E-state index contributed by atoms with van der Waals surface area (Å²) in [5.74, 6) is 0.0471.